The second-order valence-corrected chi connectivity index (χ2v) is 7.52. The summed E-state index contributed by atoms with van der Waals surface area (Å²) in [4.78, 5) is 37.2. The van der Waals surface area contributed by atoms with E-state index >= 15 is 0 Å². The maximum absolute atomic E-state index is 12.8. The number of hydrogen-bond acceptors (Lipinski definition) is 5. The molecule has 8 nitrogen and oxygen atoms in total. The Morgan fingerprint density at radius 3 is 2.39 bits per heavy atom. The van der Waals surface area contributed by atoms with Crippen LogP contribution in [0.3, 0.4) is 0 Å². The monoisotopic (exact) mass is 462 g/mol. The third-order valence-electron chi connectivity index (χ3n) is 4.90. The molecule has 0 saturated carbocycles. The van der Waals surface area contributed by atoms with Gasteiger partial charge in [-0.2, -0.15) is 0 Å². The number of amides is 2. The zero-order valence-electron chi connectivity index (χ0n) is 17.9. The van der Waals surface area contributed by atoms with E-state index in [9.17, 15) is 19.7 Å². The van der Waals surface area contributed by atoms with Crippen LogP contribution >= 0.6 is 12.2 Å². The van der Waals surface area contributed by atoms with Crippen LogP contribution in [0.15, 0.2) is 78.9 Å². The zero-order valence-corrected chi connectivity index (χ0v) is 18.7. The van der Waals surface area contributed by atoms with E-state index in [1.807, 2.05) is 30.3 Å². The first-order valence-electron chi connectivity index (χ1n) is 10.1. The summed E-state index contributed by atoms with van der Waals surface area (Å²) in [6, 6.07) is 22.1. The number of anilines is 1. The lowest BCUT2D eigenvalue weighted by Crippen LogP contribution is -2.41. The van der Waals surface area contributed by atoms with Crippen molar-refractivity contribution in [2.24, 2.45) is 0 Å². The highest BCUT2D eigenvalue weighted by molar-refractivity contribution is 7.80. The minimum atomic E-state index is -0.583. The molecule has 33 heavy (non-hydrogen) atoms. The van der Waals surface area contributed by atoms with E-state index in [0.29, 0.717) is 24.2 Å². The second kappa shape index (κ2) is 11.0. The van der Waals surface area contributed by atoms with Crippen LogP contribution in [0.25, 0.3) is 0 Å². The molecule has 0 spiro atoms. The van der Waals surface area contributed by atoms with Crippen LogP contribution in [0, 0.1) is 10.1 Å². The molecule has 0 aliphatic heterocycles. The molecule has 0 fully saturated rings. The smallest absolute Gasteiger partial charge is 0.270 e. The van der Waals surface area contributed by atoms with E-state index < -0.39 is 10.8 Å². The first-order valence-corrected chi connectivity index (χ1v) is 10.5. The van der Waals surface area contributed by atoms with Crippen LogP contribution in [0.1, 0.15) is 26.3 Å². The van der Waals surface area contributed by atoms with Crippen LogP contribution < -0.4 is 15.5 Å². The number of nitro benzene ring substituents is 1. The highest BCUT2D eigenvalue weighted by atomic mass is 32.1. The molecular formula is C24H22N4O4S. The number of carbonyl (C=O) groups excluding carboxylic acids is 2. The summed E-state index contributed by atoms with van der Waals surface area (Å²) in [5.41, 5.74) is 1.94. The molecule has 3 aromatic rings. The minimum Gasteiger partial charge on any atom is -0.352 e. The van der Waals surface area contributed by atoms with Gasteiger partial charge in [0.1, 0.15) is 0 Å². The fourth-order valence-electron chi connectivity index (χ4n) is 3.14. The summed E-state index contributed by atoms with van der Waals surface area (Å²) in [6.07, 6.45) is 0.697. The Morgan fingerprint density at radius 1 is 0.970 bits per heavy atom. The molecule has 0 heterocycles. The molecule has 0 atom stereocenters. The van der Waals surface area contributed by atoms with E-state index in [0.717, 1.165) is 5.56 Å². The normalized spacial score (nSPS) is 10.2. The molecule has 0 aliphatic rings. The van der Waals surface area contributed by atoms with E-state index in [4.69, 9.17) is 12.2 Å². The number of benzene rings is 3. The van der Waals surface area contributed by atoms with Crippen molar-refractivity contribution < 1.29 is 14.5 Å². The van der Waals surface area contributed by atoms with Gasteiger partial charge < -0.3 is 10.2 Å². The lowest BCUT2D eigenvalue weighted by Gasteiger charge is -2.23. The van der Waals surface area contributed by atoms with Gasteiger partial charge in [0.15, 0.2) is 5.11 Å². The van der Waals surface area contributed by atoms with Gasteiger partial charge in [0, 0.05) is 31.3 Å². The van der Waals surface area contributed by atoms with Gasteiger partial charge in [0.25, 0.3) is 17.5 Å². The maximum atomic E-state index is 12.8. The van der Waals surface area contributed by atoms with Crippen LogP contribution in [0.4, 0.5) is 11.4 Å². The molecule has 0 bridgehead atoms. The topological polar surface area (TPSA) is 105 Å². The molecule has 2 N–H and O–H groups in total. The number of carbonyl (C=O) groups is 2. The van der Waals surface area contributed by atoms with E-state index in [-0.39, 0.29) is 22.3 Å². The molecule has 9 heteroatoms. The average Bonchev–Trinajstić information content (AvgIpc) is 2.84. The highest BCUT2D eigenvalue weighted by Gasteiger charge is 2.19. The Hall–Kier alpha value is -4.11. The number of para-hydroxylation sites is 1. The summed E-state index contributed by atoms with van der Waals surface area (Å²) >= 11 is 5.35. The summed E-state index contributed by atoms with van der Waals surface area (Å²) in [7, 11) is 1.63. The molecule has 3 rings (SSSR count). The Bertz CT molecular complexity index is 1180. The van der Waals surface area contributed by atoms with Gasteiger partial charge in [0.05, 0.1) is 16.2 Å². The van der Waals surface area contributed by atoms with Crippen LogP contribution in [0.5, 0.6) is 0 Å². The van der Waals surface area contributed by atoms with Crippen molar-refractivity contribution in [1.29, 1.82) is 0 Å². The summed E-state index contributed by atoms with van der Waals surface area (Å²) in [6.45, 7) is 0.467. The highest BCUT2D eigenvalue weighted by Crippen LogP contribution is 2.20. The molecule has 0 saturated heterocycles. The Kier molecular flexibility index (Phi) is 7.82. The summed E-state index contributed by atoms with van der Waals surface area (Å²) in [5.74, 6) is -0.846. The SMILES string of the molecule is CN(C(=S)NC(=O)c1cccc([N+](=O)[O-])c1)c1ccccc1C(=O)NCCc1ccccc1. The molecular weight excluding hydrogens is 440 g/mol. The Labute approximate surface area is 196 Å². The van der Waals surface area contributed by atoms with Crippen molar-refractivity contribution in [3.05, 3.63) is 106 Å². The molecule has 3 aromatic carbocycles. The third kappa shape index (κ3) is 6.20. The fourth-order valence-corrected chi connectivity index (χ4v) is 3.33. The first-order chi connectivity index (χ1) is 15.9. The van der Waals surface area contributed by atoms with E-state index in [2.05, 4.69) is 10.6 Å². The van der Waals surface area contributed by atoms with Gasteiger partial charge in [-0.15, -0.1) is 0 Å². The minimum absolute atomic E-state index is 0.0519. The number of hydrogen-bond donors (Lipinski definition) is 2. The number of thiocarbonyl (C=S) groups is 1. The zero-order chi connectivity index (χ0) is 23.8. The summed E-state index contributed by atoms with van der Waals surface area (Å²) < 4.78 is 0. The number of nitrogens with one attached hydrogen (secondary N) is 2. The van der Waals surface area contributed by atoms with Gasteiger partial charge >= 0.3 is 0 Å². The number of nitro groups is 1. The summed E-state index contributed by atoms with van der Waals surface area (Å²) in [5, 5.41) is 16.5. The maximum Gasteiger partial charge on any atom is 0.270 e. The van der Waals surface area contributed by atoms with Crippen molar-refractivity contribution in [1.82, 2.24) is 10.6 Å². The lowest BCUT2D eigenvalue weighted by atomic mass is 10.1. The van der Waals surface area contributed by atoms with Gasteiger partial charge in [0.2, 0.25) is 0 Å². The largest absolute Gasteiger partial charge is 0.352 e. The van der Waals surface area contributed by atoms with E-state index in [1.54, 1.807) is 31.3 Å². The van der Waals surface area contributed by atoms with Crippen LogP contribution in [0.2, 0.25) is 0 Å². The predicted octanol–water partition coefficient (Wildman–Crippen LogP) is 3.72. The van der Waals surface area contributed by atoms with Gasteiger partial charge in [-0.3, -0.25) is 25.0 Å². The Balaban J connectivity index is 1.67. The van der Waals surface area contributed by atoms with Crippen molar-refractivity contribution >= 4 is 40.5 Å². The lowest BCUT2D eigenvalue weighted by molar-refractivity contribution is -0.384. The number of non-ortho nitro benzene ring substituents is 1. The van der Waals surface area contributed by atoms with Crippen molar-refractivity contribution in [2.45, 2.75) is 6.42 Å². The molecule has 0 aromatic heterocycles. The van der Waals surface area contributed by atoms with Crippen molar-refractivity contribution in [3.63, 3.8) is 0 Å². The predicted molar refractivity (Wildman–Crippen MR) is 130 cm³/mol. The number of nitrogens with zero attached hydrogens (tertiary/aromatic N) is 2. The number of rotatable bonds is 7. The molecule has 168 valence electrons. The third-order valence-corrected chi connectivity index (χ3v) is 5.27. The average molecular weight is 463 g/mol. The Morgan fingerprint density at radius 2 is 1.67 bits per heavy atom. The first kappa shape index (κ1) is 23.6. The van der Waals surface area contributed by atoms with Crippen LogP contribution in [-0.2, 0) is 6.42 Å². The van der Waals surface area contributed by atoms with Gasteiger partial charge in [-0.25, -0.2) is 0 Å². The van der Waals surface area contributed by atoms with Gasteiger partial charge in [-0.1, -0.05) is 48.5 Å². The molecule has 0 aliphatic carbocycles. The van der Waals surface area contributed by atoms with Gasteiger partial charge in [-0.05, 0) is 42.4 Å². The van der Waals surface area contributed by atoms with Crippen molar-refractivity contribution in [3.8, 4) is 0 Å². The quantitative estimate of drug-likeness (QED) is 0.315. The standard InChI is InChI=1S/C24H22N4O4S/c1-27(24(33)26-22(29)18-10-7-11-19(16-18)28(31)32)21-13-6-5-12-20(21)23(30)25-15-14-17-8-3-2-4-9-17/h2-13,16H,14-15H2,1H3,(H,25,30)(H,26,29,33). The fraction of sp³-hybridized carbons (Fsp3) is 0.125. The van der Waals surface area contributed by atoms with Crippen LogP contribution in [-0.4, -0.2) is 35.4 Å². The molecule has 0 radical (unpaired) electrons. The second-order valence-electron chi connectivity index (χ2n) is 7.13. The molecule has 2 amide bonds. The van der Waals surface area contributed by atoms with Crippen molar-refractivity contribution in [2.75, 3.05) is 18.5 Å². The molecule has 0 unspecified atom stereocenters. The van der Waals surface area contributed by atoms with E-state index in [1.165, 1.54) is 29.2 Å².